The van der Waals surface area contributed by atoms with E-state index in [2.05, 4.69) is 25.8 Å². The molecule has 25 heavy (non-hydrogen) atoms. The molecule has 2 heterocycles. The Labute approximate surface area is 156 Å². The third kappa shape index (κ3) is 3.60. The Bertz CT molecular complexity index is 1060. The molecule has 1 aromatic carbocycles. The number of thiophene rings is 1. The van der Waals surface area contributed by atoms with Gasteiger partial charge >= 0.3 is 5.97 Å². The lowest BCUT2D eigenvalue weighted by molar-refractivity contribution is 0.0701. The second-order valence-electron chi connectivity index (χ2n) is 5.11. The second-order valence-corrected chi connectivity index (χ2v) is 8.99. The van der Waals surface area contributed by atoms with Crippen LogP contribution in [0.1, 0.15) is 15.2 Å². The van der Waals surface area contributed by atoms with Gasteiger partial charge in [0.2, 0.25) is 0 Å². The molecule has 0 saturated heterocycles. The fourth-order valence-corrected chi connectivity index (χ4v) is 4.92. The van der Waals surface area contributed by atoms with Crippen molar-refractivity contribution in [2.45, 2.75) is 11.1 Å². The highest BCUT2D eigenvalue weighted by Gasteiger charge is 2.23. The number of halogens is 1. The van der Waals surface area contributed by atoms with Gasteiger partial charge in [-0.05, 0) is 46.6 Å². The first-order valence-corrected chi connectivity index (χ1v) is 10.0. The summed E-state index contributed by atoms with van der Waals surface area (Å²) in [5.74, 6) is -1.15. The quantitative estimate of drug-likeness (QED) is 0.630. The number of aromatic nitrogens is 2. The molecule has 0 bridgehead atoms. The number of rotatable bonds is 5. The van der Waals surface area contributed by atoms with Crippen LogP contribution in [0.3, 0.4) is 0 Å². The number of carboxylic acids is 1. The van der Waals surface area contributed by atoms with Crippen molar-refractivity contribution in [3.63, 3.8) is 0 Å². The molecule has 7 nitrogen and oxygen atoms in total. The van der Waals surface area contributed by atoms with Gasteiger partial charge in [0.05, 0.1) is 22.0 Å². The fourth-order valence-electron chi connectivity index (χ4n) is 2.18. The Morgan fingerprint density at radius 2 is 2.08 bits per heavy atom. The summed E-state index contributed by atoms with van der Waals surface area (Å²) in [6, 6.07) is 8.15. The van der Waals surface area contributed by atoms with Crippen LogP contribution in [0, 0.1) is 6.92 Å². The van der Waals surface area contributed by atoms with Crippen LogP contribution in [-0.4, -0.2) is 29.3 Å². The summed E-state index contributed by atoms with van der Waals surface area (Å²) >= 11 is 4.02. The summed E-state index contributed by atoms with van der Waals surface area (Å²) in [4.78, 5) is 11.1. The number of hydrogen-bond acceptors (Lipinski definition) is 5. The molecule has 0 unspecified atom stereocenters. The predicted octanol–water partition coefficient (Wildman–Crippen LogP) is 3.50. The summed E-state index contributed by atoms with van der Waals surface area (Å²) in [5.41, 5.74) is 1.28. The minimum atomic E-state index is -3.92. The van der Waals surface area contributed by atoms with Gasteiger partial charge in [0.25, 0.3) is 10.0 Å². The number of anilines is 1. The minimum Gasteiger partial charge on any atom is -0.477 e. The van der Waals surface area contributed by atoms with Crippen molar-refractivity contribution < 1.29 is 18.3 Å². The van der Waals surface area contributed by atoms with E-state index < -0.39 is 16.0 Å². The van der Waals surface area contributed by atoms with Crippen LogP contribution in [0.2, 0.25) is 0 Å². The van der Waals surface area contributed by atoms with Gasteiger partial charge in [0.1, 0.15) is 9.09 Å². The van der Waals surface area contributed by atoms with Crippen LogP contribution < -0.4 is 4.72 Å². The van der Waals surface area contributed by atoms with E-state index in [1.54, 1.807) is 43.6 Å². The highest BCUT2D eigenvalue weighted by Crippen LogP contribution is 2.29. The maximum atomic E-state index is 12.6. The normalized spacial score (nSPS) is 11.4. The third-order valence-corrected chi connectivity index (χ3v) is 6.77. The van der Waals surface area contributed by atoms with Crippen molar-refractivity contribution in [1.29, 1.82) is 0 Å². The SMILES string of the molecule is Cc1cc(S(=O)(=O)Nc2ccccc2-n2cc(Br)cn2)sc1C(=O)O. The summed E-state index contributed by atoms with van der Waals surface area (Å²) in [5, 5.41) is 13.3. The fraction of sp³-hybridized carbons (Fsp3) is 0.0667. The van der Waals surface area contributed by atoms with Gasteiger partial charge in [0.15, 0.2) is 0 Å². The molecule has 0 radical (unpaired) electrons. The third-order valence-electron chi connectivity index (χ3n) is 3.30. The van der Waals surface area contributed by atoms with Crippen molar-refractivity contribution >= 4 is 48.9 Å². The van der Waals surface area contributed by atoms with E-state index in [1.807, 2.05) is 0 Å². The highest BCUT2D eigenvalue weighted by molar-refractivity contribution is 9.10. The second kappa shape index (κ2) is 6.62. The molecule has 130 valence electrons. The van der Waals surface area contributed by atoms with Gasteiger partial charge in [-0.3, -0.25) is 4.72 Å². The Balaban J connectivity index is 2.00. The number of nitrogens with zero attached hydrogens (tertiary/aromatic N) is 2. The van der Waals surface area contributed by atoms with Crippen LogP contribution in [0.15, 0.2) is 51.4 Å². The van der Waals surface area contributed by atoms with E-state index in [9.17, 15) is 13.2 Å². The topological polar surface area (TPSA) is 101 Å². The largest absolute Gasteiger partial charge is 0.477 e. The molecule has 0 aliphatic heterocycles. The zero-order chi connectivity index (χ0) is 18.2. The maximum Gasteiger partial charge on any atom is 0.346 e. The zero-order valence-corrected chi connectivity index (χ0v) is 16.0. The van der Waals surface area contributed by atoms with Gasteiger partial charge in [-0.1, -0.05) is 12.1 Å². The van der Waals surface area contributed by atoms with E-state index in [0.29, 0.717) is 16.9 Å². The summed E-state index contributed by atoms with van der Waals surface area (Å²) < 4.78 is 30.0. The Morgan fingerprint density at radius 3 is 2.68 bits per heavy atom. The predicted molar refractivity (Wildman–Crippen MR) is 98.1 cm³/mol. The minimum absolute atomic E-state index is 0.00432. The Hall–Kier alpha value is -2.17. The molecule has 2 aromatic heterocycles. The highest BCUT2D eigenvalue weighted by atomic mass is 79.9. The number of sulfonamides is 1. The van der Waals surface area contributed by atoms with Crippen LogP contribution in [0.4, 0.5) is 5.69 Å². The molecule has 0 aliphatic rings. The van der Waals surface area contributed by atoms with Crippen molar-refractivity contribution in [2.24, 2.45) is 0 Å². The molecule has 2 N–H and O–H groups in total. The van der Waals surface area contributed by atoms with Crippen LogP contribution in [0.5, 0.6) is 0 Å². The molecule has 3 aromatic rings. The molecular weight excluding hydrogens is 430 g/mol. The average Bonchev–Trinajstić information content (AvgIpc) is 3.14. The maximum absolute atomic E-state index is 12.6. The van der Waals surface area contributed by atoms with Crippen molar-refractivity contribution in [3.05, 3.63) is 57.6 Å². The first kappa shape index (κ1) is 17.6. The standard InChI is InChI=1S/C15H12BrN3O4S2/c1-9-6-13(24-14(9)15(20)21)25(22,23)18-11-4-2-3-5-12(11)19-8-10(16)7-17-19/h2-8,18H,1H3,(H,20,21). The molecule has 0 fully saturated rings. The van der Waals surface area contributed by atoms with Crippen molar-refractivity contribution in [1.82, 2.24) is 9.78 Å². The molecule has 0 atom stereocenters. The lowest BCUT2D eigenvalue weighted by Gasteiger charge is -2.11. The van der Waals surface area contributed by atoms with Crippen LogP contribution in [0.25, 0.3) is 5.69 Å². The molecule has 0 aliphatic carbocycles. The van der Waals surface area contributed by atoms with E-state index in [4.69, 9.17) is 5.11 Å². The number of para-hydroxylation sites is 2. The lowest BCUT2D eigenvalue weighted by atomic mass is 10.3. The molecule has 3 rings (SSSR count). The molecule has 0 amide bonds. The number of carbonyl (C=O) groups is 1. The summed E-state index contributed by atoms with van der Waals surface area (Å²) in [7, 11) is -3.92. The van der Waals surface area contributed by atoms with E-state index in [1.165, 1.54) is 10.7 Å². The number of benzene rings is 1. The van der Waals surface area contributed by atoms with E-state index >= 15 is 0 Å². The van der Waals surface area contributed by atoms with Gasteiger partial charge in [-0.2, -0.15) is 5.10 Å². The van der Waals surface area contributed by atoms with Gasteiger partial charge in [-0.15, -0.1) is 11.3 Å². The Kier molecular flexibility index (Phi) is 4.67. The van der Waals surface area contributed by atoms with Crippen molar-refractivity contribution in [3.8, 4) is 5.69 Å². The van der Waals surface area contributed by atoms with Gasteiger partial charge in [-0.25, -0.2) is 17.9 Å². The van der Waals surface area contributed by atoms with E-state index in [0.717, 1.165) is 15.8 Å². The number of aromatic carboxylic acids is 1. The van der Waals surface area contributed by atoms with E-state index in [-0.39, 0.29) is 9.09 Å². The summed E-state index contributed by atoms with van der Waals surface area (Å²) in [6.07, 6.45) is 3.29. The Morgan fingerprint density at radius 1 is 1.36 bits per heavy atom. The number of nitrogens with one attached hydrogen (secondary N) is 1. The first-order chi connectivity index (χ1) is 11.8. The van der Waals surface area contributed by atoms with Gasteiger partial charge < -0.3 is 5.11 Å². The summed E-state index contributed by atoms with van der Waals surface area (Å²) in [6.45, 7) is 1.56. The number of aryl methyl sites for hydroxylation is 1. The number of carboxylic acid groups (broad SMARTS) is 1. The number of hydrogen-bond donors (Lipinski definition) is 2. The molecule has 0 saturated carbocycles. The molecule has 0 spiro atoms. The first-order valence-electron chi connectivity index (χ1n) is 6.94. The average molecular weight is 442 g/mol. The lowest BCUT2D eigenvalue weighted by Crippen LogP contribution is -2.13. The monoisotopic (exact) mass is 441 g/mol. The smallest absolute Gasteiger partial charge is 0.346 e. The molecule has 10 heteroatoms. The van der Waals surface area contributed by atoms with Crippen LogP contribution in [-0.2, 0) is 10.0 Å². The van der Waals surface area contributed by atoms with Crippen LogP contribution >= 0.6 is 27.3 Å². The zero-order valence-electron chi connectivity index (χ0n) is 12.8. The van der Waals surface area contributed by atoms with Crippen molar-refractivity contribution in [2.75, 3.05) is 4.72 Å². The van der Waals surface area contributed by atoms with Gasteiger partial charge in [0, 0.05) is 6.20 Å². The molecular formula is C15H12BrN3O4S2.